The van der Waals surface area contributed by atoms with Crippen LogP contribution in [0, 0.1) is 6.92 Å². The van der Waals surface area contributed by atoms with Gasteiger partial charge in [0.05, 0.1) is 12.2 Å². The van der Waals surface area contributed by atoms with E-state index in [1.54, 1.807) is 0 Å². The van der Waals surface area contributed by atoms with Gasteiger partial charge in [0.2, 0.25) is 0 Å². The van der Waals surface area contributed by atoms with E-state index in [0.717, 1.165) is 44.8 Å². The molecule has 1 aliphatic rings. The summed E-state index contributed by atoms with van der Waals surface area (Å²) in [6, 6.07) is 6.42. The Morgan fingerprint density at radius 3 is 3.06 bits per heavy atom. The molecule has 0 spiro atoms. The lowest BCUT2D eigenvalue weighted by Crippen LogP contribution is -2.33. The maximum Gasteiger partial charge on any atom is 0.142 e. The highest BCUT2D eigenvalue weighted by Crippen LogP contribution is 2.32. The van der Waals surface area contributed by atoms with Crippen LogP contribution in [0.2, 0.25) is 0 Å². The van der Waals surface area contributed by atoms with E-state index in [9.17, 15) is 0 Å². The van der Waals surface area contributed by atoms with Crippen LogP contribution >= 0.6 is 0 Å². The van der Waals surface area contributed by atoms with E-state index in [0.29, 0.717) is 0 Å². The largest absolute Gasteiger partial charge is 0.490 e. The minimum atomic E-state index is 0.783. The number of benzene rings is 1. The summed E-state index contributed by atoms with van der Waals surface area (Å²) in [5.41, 5.74) is 8.00. The van der Waals surface area contributed by atoms with Crippen molar-refractivity contribution in [3.8, 4) is 5.75 Å². The number of ether oxygens (including phenoxy) is 1. The van der Waals surface area contributed by atoms with Crippen LogP contribution in [-0.4, -0.2) is 26.2 Å². The maximum atomic E-state index is 5.67. The van der Waals surface area contributed by atoms with Gasteiger partial charge in [-0.1, -0.05) is 6.07 Å². The predicted octanol–water partition coefficient (Wildman–Crippen LogP) is 1.93. The molecule has 1 aliphatic heterocycles. The summed E-state index contributed by atoms with van der Waals surface area (Å²) in [5.74, 6) is 1.03. The lowest BCUT2D eigenvalue weighted by Gasteiger charge is -2.31. The molecule has 2 N–H and O–H groups in total. The molecular formula is C13H20N2O. The Labute approximate surface area is 97.2 Å². The second-order valence-electron chi connectivity index (χ2n) is 4.30. The Balaban J connectivity index is 2.07. The van der Waals surface area contributed by atoms with Crippen LogP contribution in [0.3, 0.4) is 0 Å². The summed E-state index contributed by atoms with van der Waals surface area (Å²) in [6.07, 6.45) is 2.25. The summed E-state index contributed by atoms with van der Waals surface area (Å²) >= 11 is 0. The van der Waals surface area contributed by atoms with Crippen LogP contribution in [-0.2, 0) is 0 Å². The number of fused-ring (bicyclic) bond motifs is 1. The number of aryl methyl sites for hydroxylation is 1. The first kappa shape index (κ1) is 11.3. The number of rotatable bonds is 4. The van der Waals surface area contributed by atoms with Gasteiger partial charge < -0.3 is 15.4 Å². The number of anilines is 1. The second-order valence-corrected chi connectivity index (χ2v) is 4.30. The van der Waals surface area contributed by atoms with E-state index >= 15 is 0 Å². The molecule has 0 saturated heterocycles. The lowest BCUT2D eigenvalue weighted by atomic mass is 10.1. The van der Waals surface area contributed by atoms with Crippen molar-refractivity contribution >= 4 is 5.69 Å². The average molecular weight is 220 g/mol. The number of hydrogen-bond donors (Lipinski definition) is 1. The maximum absolute atomic E-state index is 5.67. The average Bonchev–Trinajstić information content (AvgIpc) is 2.29. The van der Waals surface area contributed by atoms with Crippen LogP contribution in [0.5, 0.6) is 5.75 Å². The minimum absolute atomic E-state index is 0.783. The number of hydrogen-bond acceptors (Lipinski definition) is 3. The lowest BCUT2D eigenvalue weighted by molar-refractivity contribution is 0.307. The van der Waals surface area contributed by atoms with Crippen molar-refractivity contribution in [2.45, 2.75) is 19.8 Å². The summed E-state index contributed by atoms with van der Waals surface area (Å²) < 4.78 is 5.67. The zero-order chi connectivity index (χ0) is 11.4. The van der Waals surface area contributed by atoms with Crippen molar-refractivity contribution in [3.05, 3.63) is 23.8 Å². The Hall–Kier alpha value is -1.22. The van der Waals surface area contributed by atoms with Gasteiger partial charge >= 0.3 is 0 Å². The Bertz CT molecular complexity index is 352. The molecule has 1 aromatic rings. The van der Waals surface area contributed by atoms with Crippen LogP contribution in [0.4, 0.5) is 5.69 Å². The zero-order valence-corrected chi connectivity index (χ0v) is 9.91. The Kier molecular flexibility index (Phi) is 3.67. The van der Waals surface area contributed by atoms with Gasteiger partial charge in [0.25, 0.3) is 0 Å². The van der Waals surface area contributed by atoms with E-state index in [2.05, 4.69) is 30.0 Å². The molecule has 0 atom stereocenters. The van der Waals surface area contributed by atoms with E-state index in [1.807, 2.05) is 0 Å². The first-order chi connectivity index (χ1) is 7.81. The molecule has 0 amide bonds. The second kappa shape index (κ2) is 5.21. The topological polar surface area (TPSA) is 38.5 Å². The molecule has 88 valence electrons. The molecule has 0 saturated carbocycles. The summed E-state index contributed by atoms with van der Waals surface area (Å²) in [5, 5.41) is 0. The van der Waals surface area contributed by atoms with Gasteiger partial charge in [0.1, 0.15) is 12.4 Å². The van der Waals surface area contributed by atoms with Gasteiger partial charge in [-0.2, -0.15) is 0 Å². The van der Waals surface area contributed by atoms with Crippen LogP contribution < -0.4 is 15.4 Å². The first-order valence-corrected chi connectivity index (χ1v) is 6.00. The highest BCUT2D eigenvalue weighted by Gasteiger charge is 2.16. The highest BCUT2D eigenvalue weighted by atomic mass is 16.5. The third-order valence-electron chi connectivity index (χ3n) is 2.96. The fourth-order valence-electron chi connectivity index (χ4n) is 2.06. The normalized spacial score (nSPS) is 14.5. The summed E-state index contributed by atoms with van der Waals surface area (Å²) in [7, 11) is 0. The van der Waals surface area contributed by atoms with Gasteiger partial charge in [-0.05, 0) is 44.0 Å². The zero-order valence-electron chi connectivity index (χ0n) is 9.91. The number of nitrogens with zero attached hydrogens (tertiary/aromatic N) is 1. The standard InChI is InChI=1S/C13H20N2O/c1-11-4-5-12-13(10-11)16-9-8-15(12)7-3-2-6-14/h4-5,10H,2-3,6-9,14H2,1H3. The monoisotopic (exact) mass is 220 g/mol. The molecule has 16 heavy (non-hydrogen) atoms. The number of nitrogens with two attached hydrogens (primary N) is 1. The summed E-state index contributed by atoms with van der Waals surface area (Å²) in [6.45, 7) is 5.73. The fraction of sp³-hybridized carbons (Fsp3) is 0.538. The molecule has 0 unspecified atom stereocenters. The molecular weight excluding hydrogens is 200 g/mol. The molecule has 0 fully saturated rings. The van der Waals surface area contributed by atoms with Gasteiger partial charge in [-0.3, -0.25) is 0 Å². The first-order valence-electron chi connectivity index (χ1n) is 6.00. The van der Waals surface area contributed by atoms with Crippen LogP contribution in [0.1, 0.15) is 18.4 Å². The number of unbranched alkanes of at least 4 members (excludes halogenated alkanes) is 1. The van der Waals surface area contributed by atoms with E-state index in [-0.39, 0.29) is 0 Å². The smallest absolute Gasteiger partial charge is 0.142 e. The molecule has 1 heterocycles. The third kappa shape index (κ3) is 2.47. The SMILES string of the molecule is Cc1ccc2c(c1)OCCN2CCCCN. The molecule has 3 nitrogen and oxygen atoms in total. The van der Waals surface area contributed by atoms with Crippen molar-refractivity contribution in [2.24, 2.45) is 5.73 Å². The van der Waals surface area contributed by atoms with E-state index < -0.39 is 0 Å². The van der Waals surface area contributed by atoms with Crippen molar-refractivity contribution < 1.29 is 4.74 Å². The van der Waals surface area contributed by atoms with Gasteiger partial charge in [-0.15, -0.1) is 0 Å². The van der Waals surface area contributed by atoms with Gasteiger partial charge in [0.15, 0.2) is 0 Å². The van der Waals surface area contributed by atoms with E-state index in [1.165, 1.54) is 11.3 Å². The van der Waals surface area contributed by atoms with Crippen molar-refractivity contribution in [3.63, 3.8) is 0 Å². The van der Waals surface area contributed by atoms with E-state index in [4.69, 9.17) is 10.5 Å². The summed E-state index contributed by atoms with van der Waals surface area (Å²) in [4.78, 5) is 2.40. The Morgan fingerprint density at radius 1 is 1.38 bits per heavy atom. The fourth-order valence-corrected chi connectivity index (χ4v) is 2.06. The predicted molar refractivity (Wildman–Crippen MR) is 67.2 cm³/mol. The molecule has 0 aromatic heterocycles. The van der Waals surface area contributed by atoms with Crippen molar-refractivity contribution in [2.75, 3.05) is 31.1 Å². The molecule has 0 bridgehead atoms. The third-order valence-corrected chi connectivity index (χ3v) is 2.96. The van der Waals surface area contributed by atoms with Crippen LogP contribution in [0.25, 0.3) is 0 Å². The molecule has 0 radical (unpaired) electrons. The molecule has 1 aromatic carbocycles. The quantitative estimate of drug-likeness (QED) is 0.788. The van der Waals surface area contributed by atoms with Crippen LogP contribution in [0.15, 0.2) is 18.2 Å². The van der Waals surface area contributed by atoms with Gasteiger partial charge in [0, 0.05) is 6.54 Å². The van der Waals surface area contributed by atoms with Gasteiger partial charge in [-0.25, -0.2) is 0 Å². The molecule has 2 rings (SSSR count). The highest BCUT2D eigenvalue weighted by molar-refractivity contribution is 5.60. The molecule has 3 heteroatoms. The minimum Gasteiger partial charge on any atom is -0.490 e. The van der Waals surface area contributed by atoms with Crippen molar-refractivity contribution in [1.29, 1.82) is 0 Å². The van der Waals surface area contributed by atoms with Crippen molar-refractivity contribution in [1.82, 2.24) is 0 Å². The Morgan fingerprint density at radius 2 is 2.25 bits per heavy atom. The molecule has 0 aliphatic carbocycles.